The Morgan fingerprint density at radius 2 is 1.36 bits per heavy atom. The van der Waals surface area contributed by atoms with Gasteiger partial charge in [0.1, 0.15) is 5.82 Å². The lowest BCUT2D eigenvalue weighted by Gasteiger charge is -2.14. The van der Waals surface area contributed by atoms with Crippen molar-refractivity contribution < 1.29 is 18.0 Å². The SMILES string of the molecule is Cc1ccc(Nc2cc(C)nc(Nc3ccc(NC(=O)Nc4ccccc4C(F)(F)F)cc3)n2)cc1. The fraction of sp³-hybridized carbons (Fsp3) is 0.115. The maximum Gasteiger partial charge on any atom is 0.418 e. The highest BCUT2D eigenvalue weighted by Crippen LogP contribution is 2.34. The molecule has 4 aromatic rings. The molecule has 0 radical (unpaired) electrons. The lowest BCUT2D eigenvalue weighted by molar-refractivity contribution is -0.136. The Kier molecular flexibility index (Phi) is 7.05. The zero-order valence-electron chi connectivity index (χ0n) is 19.4. The Morgan fingerprint density at radius 1 is 0.750 bits per heavy atom. The van der Waals surface area contributed by atoms with Gasteiger partial charge in [-0.3, -0.25) is 0 Å². The molecule has 0 bridgehead atoms. The van der Waals surface area contributed by atoms with Crippen LogP contribution in [0.2, 0.25) is 0 Å². The first-order valence-electron chi connectivity index (χ1n) is 11.0. The summed E-state index contributed by atoms with van der Waals surface area (Å²) in [6.07, 6.45) is -4.58. The third-order valence-electron chi connectivity index (χ3n) is 5.06. The van der Waals surface area contributed by atoms with Crippen molar-refractivity contribution in [3.05, 3.63) is 95.7 Å². The van der Waals surface area contributed by atoms with E-state index in [1.807, 2.05) is 44.2 Å². The molecule has 0 saturated carbocycles. The average Bonchev–Trinajstić information content (AvgIpc) is 2.81. The van der Waals surface area contributed by atoms with E-state index in [-0.39, 0.29) is 5.69 Å². The number of carbonyl (C=O) groups excluding carboxylic acids is 1. The molecule has 0 unspecified atom stereocenters. The highest BCUT2D eigenvalue weighted by atomic mass is 19.4. The molecular formula is C26H23F3N6O. The van der Waals surface area contributed by atoms with Crippen molar-refractivity contribution in [3.63, 3.8) is 0 Å². The summed E-state index contributed by atoms with van der Waals surface area (Å²) < 4.78 is 39.4. The summed E-state index contributed by atoms with van der Waals surface area (Å²) in [7, 11) is 0. The van der Waals surface area contributed by atoms with Crippen LogP contribution in [0.5, 0.6) is 0 Å². The van der Waals surface area contributed by atoms with Crippen LogP contribution in [-0.4, -0.2) is 16.0 Å². The van der Waals surface area contributed by atoms with Crippen LogP contribution in [0.15, 0.2) is 78.9 Å². The van der Waals surface area contributed by atoms with Crippen molar-refractivity contribution in [1.29, 1.82) is 0 Å². The molecule has 36 heavy (non-hydrogen) atoms. The van der Waals surface area contributed by atoms with Crippen LogP contribution < -0.4 is 21.3 Å². The third-order valence-corrected chi connectivity index (χ3v) is 5.06. The summed E-state index contributed by atoms with van der Waals surface area (Å²) in [5.74, 6) is 1.01. The van der Waals surface area contributed by atoms with Crippen molar-refractivity contribution >= 4 is 40.5 Å². The first kappa shape index (κ1) is 24.5. The summed E-state index contributed by atoms with van der Waals surface area (Å²) in [5, 5.41) is 11.1. The molecule has 10 heteroatoms. The molecule has 1 aromatic heterocycles. The van der Waals surface area contributed by atoms with Crippen molar-refractivity contribution in [3.8, 4) is 0 Å². The Balaban J connectivity index is 1.39. The Hall–Kier alpha value is -4.60. The summed E-state index contributed by atoms with van der Waals surface area (Å²) in [6.45, 7) is 3.87. The second-order valence-corrected chi connectivity index (χ2v) is 8.03. The molecule has 0 aliphatic heterocycles. The zero-order chi connectivity index (χ0) is 25.7. The van der Waals surface area contributed by atoms with Crippen LogP contribution in [0, 0.1) is 13.8 Å². The first-order valence-corrected chi connectivity index (χ1v) is 11.0. The van der Waals surface area contributed by atoms with Crippen LogP contribution in [0.3, 0.4) is 0 Å². The number of hydrogen-bond acceptors (Lipinski definition) is 5. The van der Waals surface area contributed by atoms with E-state index in [0.717, 1.165) is 23.0 Å². The van der Waals surface area contributed by atoms with Crippen molar-refractivity contribution in [2.45, 2.75) is 20.0 Å². The summed E-state index contributed by atoms with van der Waals surface area (Å²) >= 11 is 0. The average molecular weight is 493 g/mol. The lowest BCUT2D eigenvalue weighted by atomic mass is 10.1. The van der Waals surface area contributed by atoms with Gasteiger partial charge in [-0.05, 0) is 62.4 Å². The highest BCUT2D eigenvalue weighted by Gasteiger charge is 2.33. The molecule has 184 valence electrons. The minimum absolute atomic E-state index is 0.326. The second kappa shape index (κ2) is 10.3. The normalized spacial score (nSPS) is 11.0. The summed E-state index contributed by atoms with van der Waals surface area (Å²) in [6, 6.07) is 20.3. The zero-order valence-corrected chi connectivity index (χ0v) is 19.4. The molecule has 3 aromatic carbocycles. The van der Waals surface area contributed by atoms with Crippen LogP contribution in [0.1, 0.15) is 16.8 Å². The molecule has 0 saturated heterocycles. The number of nitrogens with zero attached hydrogens (tertiary/aromatic N) is 2. The van der Waals surface area contributed by atoms with Crippen LogP contribution in [-0.2, 0) is 6.18 Å². The van der Waals surface area contributed by atoms with Gasteiger partial charge in [-0.15, -0.1) is 0 Å². The Morgan fingerprint density at radius 3 is 2.06 bits per heavy atom. The molecule has 4 rings (SSSR count). The number of para-hydroxylation sites is 1. The number of urea groups is 1. The molecular weight excluding hydrogens is 469 g/mol. The van der Waals surface area contributed by atoms with Gasteiger partial charge < -0.3 is 21.3 Å². The number of alkyl halides is 3. The minimum Gasteiger partial charge on any atom is -0.340 e. The molecule has 4 N–H and O–H groups in total. The van der Waals surface area contributed by atoms with Crippen molar-refractivity contribution in [1.82, 2.24) is 9.97 Å². The third kappa shape index (κ3) is 6.50. The van der Waals surface area contributed by atoms with E-state index in [1.54, 1.807) is 24.3 Å². The molecule has 2 amide bonds. The molecule has 0 fully saturated rings. The first-order chi connectivity index (χ1) is 17.2. The van der Waals surface area contributed by atoms with E-state index in [9.17, 15) is 18.0 Å². The second-order valence-electron chi connectivity index (χ2n) is 8.03. The number of aromatic nitrogens is 2. The maximum absolute atomic E-state index is 13.1. The molecule has 0 spiro atoms. The van der Waals surface area contributed by atoms with Crippen LogP contribution >= 0.6 is 0 Å². The number of nitrogens with one attached hydrogen (secondary N) is 4. The largest absolute Gasteiger partial charge is 0.418 e. The quantitative estimate of drug-likeness (QED) is 0.228. The number of rotatable bonds is 6. The smallest absolute Gasteiger partial charge is 0.340 e. The van der Waals surface area contributed by atoms with Gasteiger partial charge in [-0.25, -0.2) is 9.78 Å². The van der Waals surface area contributed by atoms with Gasteiger partial charge in [0.05, 0.1) is 11.3 Å². The van der Waals surface area contributed by atoms with Gasteiger partial charge in [0, 0.05) is 28.8 Å². The van der Waals surface area contributed by atoms with E-state index in [1.165, 1.54) is 18.2 Å². The predicted molar refractivity (Wildman–Crippen MR) is 135 cm³/mol. The molecule has 0 aliphatic carbocycles. The standard InChI is InChI=1S/C26H23F3N6O/c1-16-7-9-18(10-8-16)31-23-15-17(2)30-24(35-23)32-19-11-13-20(14-12-19)33-25(36)34-22-6-4-3-5-21(22)26(27,28)29/h3-15H,1-2H3,(H2,33,34,36)(H2,30,31,32,35). The molecule has 0 atom stereocenters. The fourth-order valence-electron chi connectivity index (χ4n) is 3.36. The van der Waals surface area contributed by atoms with E-state index in [2.05, 4.69) is 31.2 Å². The van der Waals surface area contributed by atoms with Crippen LogP contribution in [0.25, 0.3) is 0 Å². The van der Waals surface area contributed by atoms with E-state index in [0.29, 0.717) is 23.1 Å². The van der Waals surface area contributed by atoms with Gasteiger partial charge >= 0.3 is 12.2 Å². The van der Waals surface area contributed by atoms with E-state index in [4.69, 9.17) is 0 Å². The van der Waals surface area contributed by atoms with Gasteiger partial charge in [0.25, 0.3) is 0 Å². The fourth-order valence-corrected chi connectivity index (χ4v) is 3.36. The number of hydrogen-bond donors (Lipinski definition) is 4. The van der Waals surface area contributed by atoms with Gasteiger partial charge in [-0.1, -0.05) is 29.8 Å². The topological polar surface area (TPSA) is 91.0 Å². The van der Waals surface area contributed by atoms with Crippen molar-refractivity contribution in [2.24, 2.45) is 0 Å². The number of aryl methyl sites for hydroxylation is 2. The predicted octanol–water partition coefficient (Wildman–Crippen LogP) is 7.24. The van der Waals surface area contributed by atoms with Crippen LogP contribution in [0.4, 0.5) is 52.5 Å². The van der Waals surface area contributed by atoms with E-state index < -0.39 is 17.8 Å². The van der Waals surface area contributed by atoms with Gasteiger partial charge in [0.15, 0.2) is 0 Å². The van der Waals surface area contributed by atoms with Crippen molar-refractivity contribution in [2.75, 3.05) is 21.3 Å². The maximum atomic E-state index is 13.1. The molecule has 1 heterocycles. The number of halogens is 3. The minimum atomic E-state index is -4.58. The monoisotopic (exact) mass is 492 g/mol. The summed E-state index contributed by atoms with van der Waals surface area (Å²) in [5.41, 5.74) is 2.63. The lowest BCUT2D eigenvalue weighted by Crippen LogP contribution is -2.21. The number of benzene rings is 3. The Bertz CT molecular complexity index is 1360. The number of anilines is 6. The summed E-state index contributed by atoms with van der Waals surface area (Å²) in [4.78, 5) is 21.1. The van der Waals surface area contributed by atoms with Gasteiger partial charge in [0.2, 0.25) is 5.95 Å². The molecule has 7 nitrogen and oxygen atoms in total. The van der Waals surface area contributed by atoms with Gasteiger partial charge in [-0.2, -0.15) is 18.2 Å². The number of carbonyl (C=O) groups is 1. The Labute approximate surface area is 205 Å². The highest BCUT2D eigenvalue weighted by molar-refractivity contribution is 6.00. The van der Waals surface area contributed by atoms with E-state index >= 15 is 0 Å². The molecule has 0 aliphatic rings. The number of amides is 2.